The molecule has 0 spiro atoms. The van der Waals surface area contributed by atoms with Crippen molar-refractivity contribution in [3.8, 4) is 0 Å². The maximum atomic E-state index is 13.3. The second-order valence-electron chi connectivity index (χ2n) is 6.57. The van der Waals surface area contributed by atoms with Crippen molar-refractivity contribution in [3.63, 3.8) is 0 Å². The molecule has 3 nitrogen and oxygen atoms in total. The van der Waals surface area contributed by atoms with E-state index in [4.69, 9.17) is 0 Å². The largest absolute Gasteiger partial charge is 0.314 e. The van der Waals surface area contributed by atoms with Gasteiger partial charge in [0, 0.05) is 30.3 Å². The third-order valence-electron chi connectivity index (χ3n) is 5.21. The molecule has 0 aliphatic carbocycles. The van der Waals surface area contributed by atoms with Crippen molar-refractivity contribution < 1.29 is 4.79 Å². The lowest BCUT2D eigenvalue weighted by molar-refractivity contribution is 0.0965. The van der Waals surface area contributed by atoms with Crippen molar-refractivity contribution in [2.45, 2.75) is 32.2 Å². The van der Waals surface area contributed by atoms with E-state index in [0.717, 1.165) is 36.3 Å². The Morgan fingerprint density at radius 3 is 2.70 bits per heavy atom. The fourth-order valence-electron chi connectivity index (χ4n) is 4.10. The number of nitrogens with zero attached hydrogens (tertiary/aromatic N) is 1. The molecule has 2 aliphatic rings. The lowest BCUT2D eigenvalue weighted by Crippen LogP contribution is -2.48. The molecule has 0 aromatic heterocycles. The molecule has 2 heterocycles. The van der Waals surface area contributed by atoms with Crippen molar-refractivity contribution in [2.24, 2.45) is 0 Å². The molecule has 1 amide bonds. The van der Waals surface area contributed by atoms with E-state index in [1.54, 1.807) is 0 Å². The number of para-hydroxylation sites is 1. The van der Waals surface area contributed by atoms with Crippen LogP contribution >= 0.6 is 0 Å². The second kappa shape index (κ2) is 5.50. The van der Waals surface area contributed by atoms with E-state index in [-0.39, 0.29) is 11.9 Å². The molecule has 0 radical (unpaired) electrons. The highest BCUT2D eigenvalue weighted by molar-refractivity contribution is 6.10. The zero-order chi connectivity index (χ0) is 16.0. The first-order chi connectivity index (χ1) is 11.2. The minimum atomic E-state index is 0.149. The predicted octanol–water partition coefficient (Wildman–Crippen LogP) is 3.27. The maximum absolute atomic E-state index is 13.3. The van der Waals surface area contributed by atoms with Gasteiger partial charge in [0.2, 0.25) is 0 Å². The van der Waals surface area contributed by atoms with Gasteiger partial charge in [0.1, 0.15) is 0 Å². The van der Waals surface area contributed by atoms with Crippen LogP contribution < -0.4 is 10.2 Å². The number of benzene rings is 2. The van der Waals surface area contributed by atoms with Crippen LogP contribution in [0.2, 0.25) is 0 Å². The molecular weight excluding hydrogens is 284 g/mol. The van der Waals surface area contributed by atoms with E-state index in [1.165, 1.54) is 11.1 Å². The zero-order valence-corrected chi connectivity index (χ0v) is 13.7. The Kier molecular flexibility index (Phi) is 3.46. The molecule has 4 rings (SSSR count). The van der Waals surface area contributed by atoms with Crippen LogP contribution in [0.3, 0.4) is 0 Å². The number of aryl methyl sites for hydroxylation is 2. The number of nitrogens with one attached hydrogen (secondary N) is 1. The summed E-state index contributed by atoms with van der Waals surface area (Å²) in [7, 11) is 0. The fourth-order valence-corrected chi connectivity index (χ4v) is 4.10. The highest BCUT2D eigenvalue weighted by Gasteiger charge is 2.43. The predicted molar refractivity (Wildman–Crippen MR) is 93.2 cm³/mol. The molecule has 23 heavy (non-hydrogen) atoms. The van der Waals surface area contributed by atoms with Gasteiger partial charge < -0.3 is 10.2 Å². The first-order valence-electron chi connectivity index (χ1n) is 8.43. The van der Waals surface area contributed by atoms with Crippen LogP contribution in [-0.4, -0.2) is 25.0 Å². The third kappa shape index (κ3) is 2.19. The summed E-state index contributed by atoms with van der Waals surface area (Å²) in [4.78, 5) is 15.3. The average molecular weight is 306 g/mol. The van der Waals surface area contributed by atoms with Crippen LogP contribution in [0.1, 0.15) is 39.9 Å². The molecule has 0 saturated carbocycles. The summed E-state index contributed by atoms with van der Waals surface area (Å²) in [5.41, 5.74) is 5.59. The number of carbonyl (C=O) groups excluding carboxylic acids is 1. The van der Waals surface area contributed by atoms with Gasteiger partial charge >= 0.3 is 0 Å². The topological polar surface area (TPSA) is 32.3 Å². The van der Waals surface area contributed by atoms with Crippen LogP contribution in [0.25, 0.3) is 0 Å². The minimum Gasteiger partial charge on any atom is -0.314 e. The van der Waals surface area contributed by atoms with Gasteiger partial charge in [0.15, 0.2) is 0 Å². The monoisotopic (exact) mass is 306 g/mol. The van der Waals surface area contributed by atoms with Gasteiger partial charge in [-0.3, -0.25) is 4.79 Å². The SMILES string of the molecule is CCc1cc(C)c2c(c1)[C@@H]1CNC[C@H]1N(c1ccccc1)C2=O. The summed E-state index contributed by atoms with van der Waals surface area (Å²) < 4.78 is 0. The van der Waals surface area contributed by atoms with E-state index in [1.807, 2.05) is 35.2 Å². The second-order valence-corrected chi connectivity index (χ2v) is 6.57. The van der Waals surface area contributed by atoms with Crippen LogP contribution in [0, 0.1) is 6.92 Å². The Hall–Kier alpha value is -2.13. The summed E-state index contributed by atoms with van der Waals surface area (Å²) in [5, 5.41) is 3.49. The quantitative estimate of drug-likeness (QED) is 0.923. The number of hydrogen-bond acceptors (Lipinski definition) is 2. The molecule has 2 aliphatic heterocycles. The molecule has 0 unspecified atom stereocenters. The van der Waals surface area contributed by atoms with Gasteiger partial charge in [-0.1, -0.05) is 37.3 Å². The van der Waals surface area contributed by atoms with Crippen LogP contribution in [0.4, 0.5) is 5.69 Å². The summed E-state index contributed by atoms with van der Waals surface area (Å²) in [6, 6.07) is 14.7. The average Bonchev–Trinajstić information content (AvgIpc) is 3.04. The van der Waals surface area contributed by atoms with Crippen molar-refractivity contribution >= 4 is 11.6 Å². The number of fused-ring (bicyclic) bond motifs is 3. The van der Waals surface area contributed by atoms with Crippen molar-refractivity contribution in [2.75, 3.05) is 18.0 Å². The maximum Gasteiger partial charge on any atom is 0.259 e. The minimum absolute atomic E-state index is 0.149. The Balaban J connectivity index is 1.90. The van der Waals surface area contributed by atoms with Gasteiger partial charge in [-0.05, 0) is 42.2 Å². The Labute approximate surface area is 137 Å². The zero-order valence-electron chi connectivity index (χ0n) is 13.7. The highest BCUT2D eigenvalue weighted by Crippen LogP contribution is 2.39. The standard InChI is InChI=1S/C20H22N2O/c1-3-14-9-13(2)19-16(10-14)17-11-21-12-18(17)22(20(19)23)15-7-5-4-6-8-15/h4-10,17-18,21H,3,11-12H2,1-2H3/t17-,18+/m0/s1. The number of anilines is 1. The van der Waals surface area contributed by atoms with E-state index >= 15 is 0 Å². The first kappa shape index (κ1) is 14.5. The van der Waals surface area contributed by atoms with Gasteiger partial charge in [0.05, 0.1) is 6.04 Å². The number of carbonyl (C=O) groups is 1. The lowest BCUT2D eigenvalue weighted by atomic mass is 9.81. The summed E-state index contributed by atoms with van der Waals surface area (Å²) in [6.45, 7) is 6.05. The molecule has 2 aromatic carbocycles. The van der Waals surface area contributed by atoms with Crippen LogP contribution in [-0.2, 0) is 6.42 Å². The molecule has 118 valence electrons. The fraction of sp³-hybridized carbons (Fsp3) is 0.350. The molecule has 1 N–H and O–H groups in total. The van der Waals surface area contributed by atoms with Crippen LogP contribution in [0.15, 0.2) is 42.5 Å². The van der Waals surface area contributed by atoms with Crippen molar-refractivity contribution in [1.29, 1.82) is 0 Å². The Morgan fingerprint density at radius 2 is 1.96 bits per heavy atom. The van der Waals surface area contributed by atoms with E-state index in [0.29, 0.717) is 5.92 Å². The molecule has 3 heteroatoms. The number of hydrogen-bond donors (Lipinski definition) is 1. The molecule has 1 saturated heterocycles. The third-order valence-corrected chi connectivity index (χ3v) is 5.21. The van der Waals surface area contributed by atoms with Gasteiger partial charge in [-0.25, -0.2) is 0 Å². The van der Waals surface area contributed by atoms with Crippen molar-refractivity contribution in [3.05, 3.63) is 64.7 Å². The summed E-state index contributed by atoms with van der Waals surface area (Å²) >= 11 is 0. The van der Waals surface area contributed by atoms with Crippen LogP contribution in [0.5, 0.6) is 0 Å². The van der Waals surface area contributed by atoms with Gasteiger partial charge in [0.25, 0.3) is 5.91 Å². The van der Waals surface area contributed by atoms with Crippen molar-refractivity contribution in [1.82, 2.24) is 5.32 Å². The molecule has 1 fully saturated rings. The Morgan fingerprint density at radius 1 is 1.17 bits per heavy atom. The highest BCUT2D eigenvalue weighted by atomic mass is 16.2. The molecule has 0 bridgehead atoms. The summed E-state index contributed by atoms with van der Waals surface area (Å²) in [6.07, 6.45) is 1.01. The van der Waals surface area contributed by atoms with Gasteiger partial charge in [-0.15, -0.1) is 0 Å². The summed E-state index contributed by atoms with van der Waals surface area (Å²) in [5.74, 6) is 0.532. The number of rotatable bonds is 2. The Bertz CT molecular complexity index is 754. The van der Waals surface area contributed by atoms with E-state index in [9.17, 15) is 4.79 Å². The smallest absolute Gasteiger partial charge is 0.259 e. The lowest BCUT2D eigenvalue weighted by Gasteiger charge is -2.39. The normalized spacial score (nSPS) is 22.9. The van der Waals surface area contributed by atoms with E-state index < -0.39 is 0 Å². The molecular formula is C20H22N2O. The number of amides is 1. The molecule has 2 atom stereocenters. The molecule has 2 aromatic rings. The first-order valence-corrected chi connectivity index (χ1v) is 8.43. The van der Waals surface area contributed by atoms with Gasteiger partial charge in [-0.2, -0.15) is 0 Å². The van der Waals surface area contributed by atoms with E-state index in [2.05, 4.69) is 31.3 Å².